The lowest BCUT2D eigenvalue weighted by atomic mass is 10.0. The second-order valence-electron chi connectivity index (χ2n) is 9.38. The highest BCUT2D eigenvalue weighted by Crippen LogP contribution is 2.23. The molecular formula is C29H42N2O5. The number of rotatable bonds is 16. The molecule has 0 bridgehead atoms. The van der Waals surface area contributed by atoms with Crippen LogP contribution in [0.25, 0.3) is 0 Å². The van der Waals surface area contributed by atoms with Gasteiger partial charge in [0.2, 0.25) is 5.91 Å². The van der Waals surface area contributed by atoms with E-state index in [1.54, 1.807) is 7.11 Å². The summed E-state index contributed by atoms with van der Waals surface area (Å²) >= 11 is 0. The minimum atomic E-state index is -0.810. The smallest absolute Gasteiger partial charge is 0.223 e. The number of likely N-dealkylation sites (tertiary alicyclic amines) is 1. The quantitative estimate of drug-likeness (QED) is 0.326. The van der Waals surface area contributed by atoms with Gasteiger partial charge in [-0.2, -0.15) is 0 Å². The number of unbranched alkanes of at least 4 members (excludes halogenated alkanes) is 3. The molecule has 7 nitrogen and oxygen atoms in total. The van der Waals surface area contributed by atoms with Crippen molar-refractivity contribution in [3.05, 3.63) is 54.1 Å². The third-order valence-corrected chi connectivity index (χ3v) is 6.53. The Labute approximate surface area is 215 Å². The molecule has 2 unspecified atom stereocenters. The van der Waals surface area contributed by atoms with Crippen molar-refractivity contribution in [1.82, 2.24) is 10.2 Å². The van der Waals surface area contributed by atoms with E-state index < -0.39 is 12.1 Å². The molecule has 3 rings (SSSR count). The molecule has 0 aliphatic carbocycles. The van der Waals surface area contributed by atoms with Gasteiger partial charge in [-0.25, -0.2) is 0 Å². The predicted octanol–water partition coefficient (Wildman–Crippen LogP) is 4.74. The molecule has 0 spiro atoms. The van der Waals surface area contributed by atoms with Crippen LogP contribution in [0.15, 0.2) is 48.5 Å². The van der Waals surface area contributed by atoms with Crippen LogP contribution >= 0.6 is 0 Å². The maximum atomic E-state index is 12.7. The van der Waals surface area contributed by atoms with Gasteiger partial charge >= 0.3 is 0 Å². The van der Waals surface area contributed by atoms with E-state index in [0.717, 1.165) is 49.4 Å². The third-order valence-electron chi connectivity index (χ3n) is 6.53. The Balaban J connectivity index is 1.52. The summed E-state index contributed by atoms with van der Waals surface area (Å²) in [5.41, 5.74) is 0.771. The standard InChI is InChI=1S/C29H42N2O5/c1-3-4-5-8-20-35-25-11-9-23(10-12-25)29(33)27(22-31-18-6-7-19-31)30-28(32)17-21-36-26-15-13-24(34-2)14-16-26/h9-16,27,29,33H,3-8,17-22H2,1-2H3,(H,30,32). The van der Waals surface area contributed by atoms with Crippen molar-refractivity contribution < 1.29 is 24.1 Å². The molecule has 2 aromatic rings. The minimum Gasteiger partial charge on any atom is -0.497 e. The van der Waals surface area contributed by atoms with Crippen LogP contribution in [-0.2, 0) is 4.79 Å². The maximum Gasteiger partial charge on any atom is 0.223 e. The fourth-order valence-electron chi connectivity index (χ4n) is 4.39. The first-order chi connectivity index (χ1) is 17.6. The molecule has 36 heavy (non-hydrogen) atoms. The van der Waals surface area contributed by atoms with Gasteiger partial charge in [0.05, 0.1) is 32.8 Å². The van der Waals surface area contributed by atoms with Crippen LogP contribution in [0.5, 0.6) is 17.2 Å². The number of methoxy groups -OCH3 is 1. The van der Waals surface area contributed by atoms with Crippen LogP contribution in [0.3, 0.4) is 0 Å². The van der Waals surface area contributed by atoms with Gasteiger partial charge < -0.3 is 29.5 Å². The molecule has 2 aromatic carbocycles. The zero-order chi connectivity index (χ0) is 25.6. The van der Waals surface area contributed by atoms with Crippen molar-refractivity contribution in [1.29, 1.82) is 0 Å². The van der Waals surface area contributed by atoms with E-state index in [2.05, 4.69) is 17.1 Å². The SMILES string of the molecule is CCCCCCOc1ccc(C(O)C(CN2CCCC2)NC(=O)CCOc2ccc(OC)cc2)cc1. The number of aliphatic hydroxyl groups is 1. The fourth-order valence-corrected chi connectivity index (χ4v) is 4.39. The van der Waals surface area contributed by atoms with E-state index in [9.17, 15) is 9.90 Å². The first-order valence-electron chi connectivity index (χ1n) is 13.3. The van der Waals surface area contributed by atoms with Gasteiger partial charge in [0, 0.05) is 6.54 Å². The lowest BCUT2D eigenvalue weighted by Crippen LogP contribution is -2.47. The van der Waals surface area contributed by atoms with Crippen LogP contribution in [0.1, 0.15) is 63.5 Å². The van der Waals surface area contributed by atoms with Gasteiger partial charge in [-0.05, 0) is 74.3 Å². The molecule has 0 saturated carbocycles. The summed E-state index contributed by atoms with van der Waals surface area (Å²) in [5, 5.41) is 14.2. The largest absolute Gasteiger partial charge is 0.497 e. The van der Waals surface area contributed by atoms with E-state index in [0.29, 0.717) is 18.9 Å². The van der Waals surface area contributed by atoms with Crippen LogP contribution in [-0.4, -0.2) is 61.9 Å². The summed E-state index contributed by atoms with van der Waals surface area (Å²) in [6.45, 7) is 5.75. The van der Waals surface area contributed by atoms with Gasteiger partial charge in [0.1, 0.15) is 23.4 Å². The summed E-state index contributed by atoms with van der Waals surface area (Å²) < 4.78 is 16.7. The molecular weight excluding hydrogens is 456 g/mol. The van der Waals surface area contributed by atoms with Gasteiger partial charge in [-0.3, -0.25) is 4.79 Å². The van der Waals surface area contributed by atoms with E-state index in [-0.39, 0.29) is 18.9 Å². The molecule has 198 valence electrons. The molecule has 1 aliphatic heterocycles. The van der Waals surface area contributed by atoms with E-state index in [4.69, 9.17) is 14.2 Å². The Kier molecular flexibility index (Phi) is 11.9. The highest BCUT2D eigenvalue weighted by molar-refractivity contribution is 5.76. The van der Waals surface area contributed by atoms with E-state index in [1.165, 1.54) is 19.3 Å². The number of hydrogen-bond donors (Lipinski definition) is 2. The van der Waals surface area contributed by atoms with Gasteiger partial charge in [0.25, 0.3) is 0 Å². The summed E-state index contributed by atoms with van der Waals surface area (Å²) in [6, 6.07) is 14.4. The average molecular weight is 499 g/mol. The molecule has 0 radical (unpaired) electrons. The third kappa shape index (κ3) is 9.36. The van der Waals surface area contributed by atoms with Gasteiger partial charge in [0.15, 0.2) is 0 Å². The molecule has 7 heteroatoms. The van der Waals surface area contributed by atoms with Gasteiger partial charge in [-0.15, -0.1) is 0 Å². The molecule has 2 N–H and O–H groups in total. The first kappa shape index (κ1) is 27.8. The maximum absolute atomic E-state index is 12.7. The first-order valence-corrected chi connectivity index (χ1v) is 13.3. The summed E-state index contributed by atoms with van der Waals surface area (Å²) in [4.78, 5) is 15.0. The lowest BCUT2D eigenvalue weighted by Gasteiger charge is -2.29. The lowest BCUT2D eigenvalue weighted by molar-refractivity contribution is -0.123. The monoisotopic (exact) mass is 498 g/mol. The molecule has 2 atom stereocenters. The number of benzene rings is 2. The van der Waals surface area contributed by atoms with E-state index in [1.807, 2.05) is 48.5 Å². The number of ether oxygens (including phenoxy) is 3. The normalized spacial score (nSPS) is 15.3. The van der Waals surface area contributed by atoms with Crippen LogP contribution < -0.4 is 19.5 Å². The average Bonchev–Trinajstić information content (AvgIpc) is 3.42. The molecule has 1 heterocycles. The van der Waals surface area contributed by atoms with Crippen molar-refractivity contribution in [3.63, 3.8) is 0 Å². The number of carbonyl (C=O) groups is 1. The molecule has 1 fully saturated rings. The Morgan fingerprint density at radius 3 is 2.17 bits per heavy atom. The van der Waals surface area contributed by atoms with Crippen molar-refractivity contribution in [2.75, 3.05) is 40.0 Å². The Morgan fingerprint density at radius 2 is 1.53 bits per heavy atom. The molecule has 0 aromatic heterocycles. The summed E-state index contributed by atoms with van der Waals surface area (Å²) in [6.07, 6.45) is 6.35. The second-order valence-corrected chi connectivity index (χ2v) is 9.38. The highest BCUT2D eigenvalue weighted by Gasteiger charge is 2.26. The second kappa shape index (κ2) is 15.4. The summed E-state index contributed by atoms with van der Waals surface area (Å²) in [7, 11) is 1.62. The van der Waals surface area contributed by atoms with Crippen LogP contribution in [0.4, 0.5) is 0 Å². The number of amides is 1. The topological polar surface area (TPSA) is 80.3 Å². The number of carbonyl (C=O) groups excluding carboxylic acids is 1. The zero-order valence-corrected chi connectivity index (χ0v) is 21.8. The molecule has 1 amide bonds. The Bertz CT molecular complexity index is 882. The minimum absolute atomic E-state index is 0.140. The number of aliphatic hydroxyl groups excluding tert-OH is 1. The van der Waals surface area contributed by atoms with Crippen LogP contribution in [0.2, 0.25) is 0 Å². The van der Waals surface area contributed by atoms with Crippen molar-refractivity contribution >= 4 is 5.91 Å². The summed E-state index contributed by atoms with van der Waals surface area (Å²) in [5.74, 6) is 2.10. The number of nitrogens with one attached hydrogen (secondary N) is 1. The van der Waals surface area contributed by atoms with Crippen molar-refractivity contribution in [2.45, 2.75) is 64.0 Å². The Hall–Kier alpha value is -2.77. The number of nitrogens with zero attached hydrogens (tertiary/aromatic N) is 1. The highest BCUT2D eigenvalue weighted by atomic mass is 16.5. The Morgan fingerprint density at radius 1 is 0.917 bits per heavy atom. The van der Waals surface area contributed by atoms with Gasteiger partial charge in [-0.1, -0.05) is 38.3 Å². The van der Waals surface area contributed by atoms with E-state index >= 15 is 0 Å². The van der Waals surface area contributed by atoms with Crippen molar-refractivity contribution in [3.8, 4) is 17.2 Å². The number of hydrogen-bond acceptors (Lipinski definition) is 6. The van der Waals surface area contributed by atoms with Crippen LogP contribution in [0, 0.1) is 0 Å². The predicted molar refractivity (Wildman–Crippen MR) is 142 cm³/mol. The fraction of sp³-hybridized carbons (Fsp3) is 0.552. The van der Waals surface area contributed by atoms with Crippen molar-refractivity contribution in [2.24, 2.45) is 0 Å². The molecule has 1 aliphatic rings. The zero-order valence-electron chi connectivity index (χ0n) is 21.8. The molecule has 1 saturated heterocycles.